The molecule has 0 bridgehead atoms. The Bertz CT molecular complexity index is 1430. The summed E-state index contributed by atoms with van der Waals surface area (Å²) in [5, 5.41) is 15.7. The van der Waals surface area contributed by atoms with Crippen LogP contribution in [0.5, 0.6) is 0 Å². The highest BCUT2D eigenvalue weighted by molar-refractivity contribution is 7.15. The van der Waals surface area contributed by atoms with E-state index in [4.69, 9.17) is 0 Å². The number of rotatable bonds is 6. The molecule has 0 spiro atoms. The smallest absolute Gasteiger partial charge is 0.249 e. The Morgan fingerprint density at radius 1 is 0.763 bits per heavy atom. The zero-order chi connectivity index (χ0) is 26.2. The number of fused-ring (bicyclic) bond motifs is 1. The lowest BCUT2D eigenvalue weighted by molar-refractivity contribution is -0.138. The van der Waals surface area contributed by atoms with Gasteiger partial charge in [-0.3, -0.25) is 19.5 Å². The van der Waals surface area contributed by atoms with Crippen molar-refractivity contribution < 1.29 is 14.7 Å². The molecule has 1 N–H and O–H groups in total. The molecule has 0 saturated carbocycles. The third kappa shape index (κ3) is 4.15. The number of benzene rings is 3. The van der Waals surface area contributed by atoms with Crippen molar-refractivity contribution in [2.24, 2.45) is 5.92 Å². The van der Waals surface area contributed by atoms with Crippen molar-refractivity contribution in [1.29, 1.82) is 0 Å². The number of hydrazine groups is 1. The van der Waals surface area contributed by atoms with Gasteiger partial charge in [0.2, 0.25) is 11.8 Å². The molecule has 3 aromatic carbocycles. The van der Waals surface area contributed by atoms with Gasteiger partial charge in [0.25, 0.3) is 0 Å². The maximum Gasteiger partial charge on any atom is 0.249 e. The molecule has 6 rings (SSSR count). The normalized spacial score (nSPS) is 21.9. The van der Waals surface area contributed by atoms with Gasteiger partial charge in [0.05, 0.1) is 23.3 Å². The lowest BCUT2D eigenvalue weighted by Crippen LogP contribution is -2.59. The van der Waals surface area contributed by atoms with E-state index in [1.54, 1.807) is 6.08 Å². The Hall–Kier alpha value is -4.04. The number of likely N-dealkylation sites (N-methyl/N-ethyl adjacent to an activating group) is 1. The van der Waals surface area contributed by atoms with Crippen molar-refractivity contribution in [2.45, 2.75) is 18.2 Å². The second kappa shape index (κ2) is 10.0. The van der Waals surface area contributed by atoms with Crippen LogP contribution in [0, 0.1) is 5.92 Å². The van der Waals surface area contributed by atoms with Crippen LogP contribution in [0.2, 0.25) is 0 Å². The molecule has 0 aliphatic carbocycles. The molecule has 2 aliphatic heterocycles. The lowest BCUT2D eigenvalue weighted by Gasteiger charge is -2.47. The maximum absolute atomic E-state index is 13.5. The average Bonchev–Trinajstić information content (AvgIpc) is 3.55. The summed E-state index contributed by atoms with van der Waals surface area (Å²) in [5.74, 6) is -1.15. The molecule has 1 aromatic heterocycles. The van der Waals surface area contributed by atoms with Crippen molar-refractivity contribution in [3.8, 4) is 10.4 Å². The van der Waals surface area contributed by atoms with E-state index in [9.17, 15) is 14.7 Å². The Balaban J connectivity index is 1.47. The third-order valence-corrected chi connectivity index (χ3v) is 8.38. The second-order valence-electron chi connectivity index (χ2n) is 9.46. The molecule has 4 aromatic rings. The predicted octanol–water partition coefficient (Wildman–Crippen LogP) is 5.43. The molecular formula is C31H27N3O3S. The molecule has 190 valence electrons. The van der Waals surface area contributed by atoms with Crippen LogP contribution in [-0.4, -0.2) is 46.0 Å². The van der Waals surface area contributed by atoms with Gasteiger partial charge in [-0.05, 0) is 42.0 Å². The first-order valence-corrected chi connectivity index (χ1v) is 13.4. The SMILES string of the molecule is CN1C(=O)C2C=CC(C(O)c3ccc(-c4ccccc4)s3)N(N(c3ccccc3)c3ccccc3)C2C1=O. The van der Waals surface area contributed by atoms with Crippen molar-refractivity contribution in [3.05, 3.63) is 120 Å². The van der Waals surface area contributed by atoms with E-state index < -0.39 is 24.1 Å². The summed E-state index contributed by atoms with van der Waals surface area (Å²) >= 11 is 1.53. The number of aliphatic hydroxyl groups excluding tert-OH is 1. The van der Waals surface area contributed by atoms with Gasteiger partial charge in [0.1, 0.15) is 12.1 Å². The number of hydrogen-bond acceptors (Lipinski definition) is 6. The third-order valence-electron chi connectivity index (χ3n) is 7.18. The summed E-state index contributed by atoms with van der Waals surface area (Å²) in [5.41, 5.74) is 2.74. The number of carbonyl (C=O) groups is 2. The van der Waals surface area contributed by atoms with Crippen LogP contribution in [0.15, 0.2) is 115 Å². The number of nitrogens with zero attached hydrogens (tertiary/aromatic N) is 3. The van der Waals surface area contributed by atoms with Gasteiger partial charge in [-0.2, -0.15) is 5.01 Å². The number of amides is 2. The fraction of sp³-hybridized carbons (Fsp3) is 0.161. The first kappa shape index (κ1) is 24.3. The number of carbonyl (C=O) groups excluding carboxylic acids is 2. The van der Waals surface area contributed by atoms with E-state index in [1.807, 2.05) is 119 Å². The van der Waals surface area contributed by atoms with E-state index in [0.29, 0.717) is 0 Å². The van der Waals surface area contributed by atoms with E-state index >= 15 is 0 Å². The van der Waals surface area contributed by atoms with Crippen LogP contribution >= 0.6 is 11.3 Å². The molecule has 2 amide bonds. The summed E-state index contributed by atoms with van der Waals surface area (Å²) in [6.45, 7) is 0. The Labute approximate surface area is 225 Å². The minimum absolute atomic E-state index is 0.238. The van der Waals surface area contributed by atoms with Gasteiger partial charge in [-0.1, -0.05) is 78.9 Å². The summed E-state index contributed by atoms with van der Waals surface area (Å²) < 4.78 is 0. The quantitative estimate of drug-likeness (QED) is 0.271. The van der Waals surface area contributed by atoms with Gasteiger partial charge >= 0.3 is 0 Å². The van der Waals surface area contributed by atoms with Crippen LogP contribution in [-0.2, 0) is 9.59 Å². The standard InChI is InChI=1S/C31H27N3O3S/c1-32-30(36)24-17-18-25(29(35)27-20-19-26(38-27)21-11-5-2-6-12-21)34(28(24)31(32)37)33(22-13-7-3-8-14-22)23-15-9-4-10-16-23/h2-20,24-25,28-29,35H,1H3. The van der Waals surface area contributed by atoms with Crippen molar-refractivity contribution in [3.63, 3.8) is 0 Å². The summed E-state index contributed by atoms with van der Waals surface area (Å²) in [7, 11) is 1.53. The molecule has 7 heteroatoms. The number of imide groups is 1. The van der Waals surface area contributed by atoms with Crippen LogP contribution in [0.3, 0.4) is 0 Å². The van der Waals surface area contributed by atoms with Crippen molar-refractivity contribution in [2.75, 3.05) is 12.1 Å². The zero-order valence-corrected chi connectivity index (χ0v) is 21.6. The second-order valence-corrected chi connectivity index (χ2v) is 10.6. The maximum atomic E-state index is 13.5. The van der Waals surface area contributed by atoms with Gasteiger partial charge in [-0.15, -0.1) is 11.3 Å². The lowest BCUT2D eigenvalue weighted by atomic mass is 9.92. The summed E-state index contributed by atoms with van der Waals surface area (Å²) in [6.07, 6.45) is 2.73. The molecular weight excluding hydrogens is 494 g/mol. The largest absolute Gasteiger partial charge is 0.386 e. The van der Waals surface area contributed by atoms with Crippen molar-refractivity contribution in [1.82, 2.24) is 9.91 Å². The Morgan fingerprint density at radius 3 is 1.95 bits per heavy atom. The monoisotopic (exact) mass is 521 g/mol. The van der Waals surface area contributed by atoms with Crippen LogP contribution < -0.4 is 5.01 Å². The highest BCUT2D eigenvalue weighted by Gasteiger charge is 2.54. The first-order chi connectivity index (χ1) is 18.5. The predicted molar refractivity (Wildman–Crippen MR) is 150 cm³/mol. The molecule has 4 unspecified atom stereocenters. The fourth-order valence-corrected chi connectivity index (χ4v) is 6.33. The topological polar surface area (TPSA) is 64.1 Å². The summed E-state index contributed by atoms with van der Waals surface area (Å²) in [4.78, 5) is 29.6. The molecule has 38 heavy (non-hydrogen) atoms. The van der Waals surface area contributed by atoms with Crippen LogP contribution in [0.25, 0.3) is 10.4 Å². The van der Waals surface area contributed by atoms with E-state index in [-0.39, 0.29) is 11.8 Å². The van der Waals surface area contributed by atoms with Crippen molar-refractivity contribution >= 4 is 34.5 Å². The van der Waals surface area contributed by atoms with Gasteiger partial charge in [0.15, 0.2) is 0 Å². The first-order valence-electron chi connectivity index (χ1n) is 12.6. The Kier molecular flexibility index (Phi) is 6.41. The van der Waals surface area contributed by atoms with E-state index in [1.165, 1.54) is 23.3 Å². The molecule has 4 atom stereocenters. The highest BCUT2D eigenvalue weighted by Crippen LogP contribution is 2.42. The number of para-hydroxylation sites is 2. The summed E-state index contributed by atoms with van der Waals surface area (Å²) in [6, 6.07) is 32.1. The van der Waals surface area contributed by atoms with Gasteiger partial charge < -0.3 is 5.11 Å². The fourth-order valence-electron chi connectivity index (χ4n) is 5.29. The minimum Gasteiger partial charge on any atom is -0.386 e. The minimum atomic E-state index is -0.932. The number of likely N-dealkylation sites (tertiary alicyclic amines) is 1. The average molecular weight is 522 g/mol. The van der Waals surface area contributed by atoms with Crippen LogP contribution in [0.4, 0.5) is 11.4 Å². The number of aliphatic hydroxyl groups is 1. The molecule has 6 nitrogen and oxygen atoms in total. The molecule has 0 radical (unpaired) electrons. The number of anilines is 2. The zero-order valence-electron chi connectivity index (χ0n) is 20.8. The van der Waals surface area contributed by atoms with E-state index in [0.717, 1.165) is 26.7 Å². The highest BCUT2D eigenvalue weighted by atomic mass is 32.1. The van der Waals surface area contributed by atoms with Gasteiger partial charge in [0, 0.05) is 16.8 Å². The molecule has 2 aliphatic rings. The number of thiophene rings is 1. The van der Waals surface area contributed by atoms with Gasteiger partial charge in [-0.25, -0.2) is 0 Å². The molecule has 1 saturated heterocycles. The number of hydrogen-bond donors (Lipinski definition) is 1. The van der Waals surface area contributed by atoms with E-state index in [2.05, 4.69) is 0 Å². The molecule has 1 fully saturated rings. The Morgan fingerprint density at radius 2 is 1.34 bits per heavy atom. The van der Waals surface area contributed by atoms with Crippen LogP contribution in [0.1, 0.15) is 11.0 Å². The molecule has 3 heterocycles.